The number of piperidine rings is 1. The van der Waals surface area contributed by atoms with E-state index in [0.717, 1.165) is 18.4 Å². The van der Waals surface area contributed by atoms with Crippen molar-refractivity contribution >= 4 is 5.91 Å². The monoisotopic (exact) mass is 423 g/mol. The van der Waals surface area contributed by atoms with Crippen molar-refractivity contribution in [3.05, 3.63) is 53.9 Å². The molecule has 0 unspecified atom stereocenters. The Labute approximate surface area is 180 Å². The van der Waals surface area contributed by atoms with E-state index in [1.165, 1.54) is 0 Å². The number of methoxy groups -OCH3 is 3. The molecule has 1 atom stereocenters. The van der Waals surface area contributed by atoms with E-state index in [-0.39, 0.29) is 11.8 Å². The minimum atomic E-state index is -0.0248. The summed E-state index contributed by atoms with van der Waals surface area (Å²) in [4.78, 5) is 19.4. The lowest BCUT2D eigenvalue weighted by molar-refractivity contribution is 0.0695. The van der Waals surface area contributed by atoms with Crippen LogP contribution in [0.1, 0.15) is 35.0 Å². The highest BCUT2D eigenvalue weighted by Gasteiger charge is 2.29. The third-order valence-electron chi connectivity index (χ3n) is 5.46. The number of hydrogen-bond donors (Lipinski definition) is 0. The van der Waals surface area contributed by atoms with Gasteiger partial charge in [0.05, 0.1) is 27.2 Å². The molecule has 1 saturated heterocycles. The summed E-state index contributed by atoms with van der Waals surface area (Å²) in [6.07, 6.45) is 1.75. The van der Waals surface area contributed by atoms with Gasteiger partial charge in [0.25, 0.3) is 5.91 Å². The summed E-state index contributed by atoms with van der Waals surface area (Å²) in [6, 6.07) is 12.7. The third kappa shape index (κ3) is 4.33. The Bertz CT molecular complexity index is 1060. The molecule has 1 aliphatic heterocycles. The molecule has 1 aromatic heterocycles. The lowest BCUT2D eigenvalue weighted by Crippen LogP contribution is -2.39. The molecule has 0 aliphatic carbocycles. The van der Waals surface area contributed by atoms with Crippen LogP contribution in [0.5, 0.6) is 17.2 Å². The van der Waals surface area contributed by atoms with Crippen LogP contribution in [0.3, 0.4) is 0 Å². The number of amides is 1. The Kier molecular flexibility index (Phi) is 6.06. The van der Waals surface area contributed by atoms with E-state index in [2.05, 4.69) is 10.1 Å². The fourth-order valence-electron chi connectivity index (χ4n) is 3.80. The molecule has 8 heteroatoms. The Morgan fingerprint density at radius 1 is 1.06 bits per heavy atom. The van der Waals surface area contributed by atoms with E-state index in [9.17, 15) is 4.79 Å². The maximum atomic E-state index is 13.0. The number of carbonyl (C=O) groups is 1. The van der Waals surface area contributed by atoms with Crippen molar-refractivity contribution in [2.45, 2.75) is 18.8 Å². The normalized spacial score (nSPS) is 16.1. The first-order chi connectivity index (χ1) is 15.1. The molecule has 162 valence electrons. The van der Waals surface area contributed by atoms with Crippen LogP contribution >= 0.6 is 0 Å². The van der Waals surface area contributed by atoms with Gasteiger partial charge in [-0.25, -0.2) is 0 Å². The summed E-state index contributed by atoms with van der Waals surface area (Å²) >= 11 is 0. The summed E-state index contributed by atoms with van der Waals surface area (Å²) in [7, 11) is 4.76. The molecule has 1 amide bonds. The van der Waals surface area contributed by atoms with Crippen molar-refractivity contribution in [3.8, 4) is 28.6 Å². The van der Waals surface area contributed by atoms with E-state index < -0.39 is 0 Å². The zero-order valence-corrected chi connectivity index (χ0v) is 17.8. The lowest BCUT2D eigenvalue weighted by atomic mass is 9.97. The quantitative estimate of drug-likeness (QED) is 0.596. The van der Waals surface area contributed by atoms with Gasteiger partial charge in [0, 0.05) is 24.2 Å². The van der Waals surface area contributed by atoms with Crippen LogP contribution in [0.15, 0.2) is 47.0 Å². The zero-order chi connectivity index (χ0) is 21.8. The van der Waals surface area contributed by atoms with Crippen molar-refractivity contribution in [1.29, 1.82) is 0 Å². The highest BCUT2D eigenvalue weighted by Crippen LogP contribution is 2.33. The van der Waals surface area contributed by atoms with Gasteiger partial charge >= 0.3 is 0 Å². The molecule has 0 spiro atoms. The number of hydrogen-bond acceptors (Lipinski definition) is 7. The Morgan fingerprint density at radius 2 is 1.90 bits per heavy atom. The number of ether oxygens (including phenoxy) is 3. The first-order valence-electron chi connectivity index (χ1n) is 10.1. The maximum absolute atomic E-state index is 13.0. The molecule has 31 heavy (non-hydrogen) atoms. The predicted molar refractivity (Wildman–Crippen MR) is 114 cm³/mol. The van der Waals surface area contributed by atoms with Gasteiger partial charge in [-0.05, 0) is 49.2 Å². The Hall–Kier alpha value is -3.55. The van der Waals surface area contributed by atoms with Gasteiger partial charge in [-0.2, -0.15) is 4.98 Å². The molecule has 3 aromatic rings. The second-order valence-electron chi connectivity index (χ2n) is 7.35. The van der Waals surface area contributed by atoms with Crippen LogP contribution < -0.4 is 14.2 Å². The van der Waals surface area contributed by atoms with Gasteiger partial charge in [0.2, 0.25) is 11.7 Å². The second-order valence-corrected chi connectivity index (χ2v) is 7.35. The Balaban J connectivity index is 1.50. The van der Waals surface area contributed by atoms with Crippen LogP contribution in [0, 0.1) is 0 Å². The molecule has 1 fully saturated rings. The van der Waals surface area contributed by atoms with Crippen molar-refractivity contribution in [1.82, 2.24) is 15.0 Å². The maximum Gasteiger partial charge on any atom is 0.254 e. The first-order valence-corrected chi connectivity index (χ1v) is 10.1. The van der Waals surface area contributed by atoms with Gasteiger partial charge < -0.3 is 23.6 Å². The summed E-state index contributed by atoms with van der Waals surface area (Å²) < 4.78 is 21.4. The molecule has 1 aliphatic rings. The molecule has 0 radical (unpaired) electrons. The molecule has 0 N–H and O–H groups in total. The van der Waals surface area contributed by atoms with Crippen LogP contribution in [0.25, 0.3) is 11.4 Å². The van der Waals surface area contributed by atoms with E-state index in [0.29, 0.717) is 47.6 Å². The topological polar surface area (TPSA) is 86.9 Å². The van der Waals surface area contributed by atoms with Gasteiger partial charge in [-0.15, -0.1) is 0 Å². The fraction of sp³-hybridized carbons (Fsp3) is 0.348. The number of carbonyl (C=O) groups excluding carboxylic acids is 1. The lowest BCUT2D eigenvalue weighted by Gasteiger charge is -2.31. The molecular weight excluding hydrogens is 398 g/mol. The smallest absolute Gasteiger partial charge is 0.254 e. The summed E-state index contributed by atoms with van der Waals surface area (Å²) in [6.45, 7) is 1.23. The minimum Gasteiger partial charge on any atom is -0.497 e. The molecule has 2 aromatic carbocycles. The van der Waals surface area contributed by atoms with Gasteiger partial charge in [0.1, 0.15) is 5.75 Å². The van der Waals surface area contributed by atoms with Crippen LogP contribution in [-0.4, -0.2) is 55.4 Å². The molecule has 0 bridgehead atoms. The van der Waals surface area contributed by atoms with Gasteiger partial charge in [-0.1, -0.05) is 11.2 Å². The van der Waals surface area contributed by atoms with E-state index >= 15 is 0 Å². The summed E-state index contributed by atoms with van der Waals surface area (Å²) in [5, 5.41) is 4.14. The highest BCUT2D eigenvalue weighted by atomic mass is 16.5. The van der Waals surface area contributed by atoms with E-state index in [4.69, 9.17) is 18.7 Å². The second kappa shape index (κ2) is 9.07. The number of rotatable bonds is 6. The van der Waals surface area contributed by atoms with Crippen LogP contribution in [0.4, 0.5) is 0 Å². The van der Waals surface area contributed by atoms with Crippen LogP contribution in [0.2, 0.25) is 0 Å². The fourth-order valence-corrected chi connectivity index (χ4v) is 3.80. The van der Waals surface area contributed by atoms with Crippen molar-refractivity contribution < 1.29 is 23.5 Å². The first kappa shape index (κ1) is 20.7. The number of aromatic nitrogens is 2. The number of nitrogens with zero attached hydrogens (tertiary/aromatic N) is 3. The molecule has 8 nitrogen and oxygen atoms in total. The van der Waals surface area contributed by atoms with Gasteiger partial charge in [0.15, 0.2) is 11.5 Å². The van der Waals surface area contributed by atoms with Crippen molar-refractivity contribution in [2.75, 3.05) is 34.4 Å². The highest BCUT2D eigenvalue weighted by molar-refractivity contribution is 5.94. The molecule has 2 heterocycles. The van der Waals surface area contributed by atoms with Crippen molar-refractivity contribution in [2.24, 2.45) is 0 Å². The Morgan fingerprint density at radius 3 is 2.68 bits per heavy atom. The molecule has 0 saturated carbocycles. The number of benzene rings is 2. The molecular formula is C23H25N3O5. The van der Waals surface area contributed by atoms with Gasteiger partial charge in [-0.3, -0.25) is 4.79 Å². The standard InChI is InChI=1S/C23H25N3O5/c1-28-18-8-4-6-16(12-18)23(27)26-11-5-7-17(14-26)22-24-21(25-31-22)15-9-10-19(29-2)20(13-15)30-3/h4,6,8-10,12-13,17H,5,7,11,14H2,1-3H3/t17-/m1/s1. The third-order valence-corrected chi connectivity index (χ3v) is 5.46. The minimum absolute atomic E-state index is 0.00954. The summed E-state index contributed by atoms with van der Waals surface area (Å²) in [5.41, 5.74) is 1.38. The zero-order valence-electron chi connectivity index (χ0n) is 17.8. The average Bonchev–Trinajstić information content (AvgIpc) is 3.33. The number of likely N-dealkylation sites (tertiary alicyclic amines) is 1. The largest absolute Gasteiger partial charge is 0.497 e. The molecule has 4 rings (SSSR count). The van der Waals surface area contributed by atoms with E-state index in [1.807, 2.05) is 29.2 Å². The SMILES string of the molecule is COc1cccc(C(=O)N2CCC[C@@H](c3nc(-c4ccc(OC)c(OC)c4)no3)C2)c1. The predicted octanol–water partition coefficient (Wildman–Crippen LogP) is 3.78. The summed E-state index contributed by atoms with van der Waals surface area (Å²) in [5.74, 6) is 2.87. The van der Waals surface area contributed by atoms with E-state index in [1.54, 1.807) is 39.5 Å². The van der Waals surface area contributed by atoms with Crippen molar-refractivity contribution in [3.63, 3.8) is 0 Å². The van der Waals surface area contributed by atoms with Crippen LogP contribution in [-0.2, 0) is 0 Å². The average molecular weight is 423 g/mol.